The summed E-state index contributed by atoms with van der Waals surface area (Å²) in [5.41, 5.74) is 6.98. The van der Waals surface area contributed by atoms with Gasteiger partial charge < -0.3 is 15.4 Å². The van der Waals surface area contributed by atoms with Gasteiger partial charge in [-0.2, -0.15) is 0 Å². The Labute approximate surface area is 101 Å². The lowest BCUT2D eigenvalue weighted by atomic mass is 10.1. The van der Waals surface area contributed by atoms with E-state index in [-0.39, 0.29) is 11.9 Å². The van der Waals surface area contributed by atoms with E-state index in [0.717, 1.165) is 17.7 Å². The molecule has 92 valence electrons. The molecular formula is C13H18N2O2. The molecular weight excluding hydrogens is 216 g/mol. The van der Waals surface area contributed by atoms with E-state index in [0.29, 0.717) is 19.5 Å². The monoisotopic (exact) mass is 234 g/mol. The number of rotatable bonds is 3. The van der Waals surface area contributed by atoms with Crippen LogP contribution in [0.25, 0.3) is 0 Å². The summed E-state index contributed by atoms with van der Waals surface area (Å²) in [5.74, 6) is 1.03. The number of amides is 1. The van der Waals surface area contributed by atoms with Gasteiger partial charge in [-0.1, -0.05) is 12.1 Å². The number of methoxy groups -OCH3 is 1. The normalized spacial score (nSPS) is 20.5. The van der Waals surface area contributed by atoms with Gasteiger partial charge >= 0.3 is 0 Å². The van der Waals surface area contributed by atoms with Gasteiger partial charge in [0.15, 0.2) is 0 Å². The molecule has 17 heavy (non-hydrogen) atoms. The van der Waals surface area contributed by atoms with Crippen molar-refractivity contribution in [2.45, 2.75) is 25.4 Å². The molecule has 0 saturated carbocycles. The lowest BCUT2D eigenvalue weighted by molar-refractivity contribution is -0.134. The van der Waals surface area contributed by atoms with E-state index < -0.39 is 0 Å². The highest BCUT2D eigenvalue weighted by Crippen LogP contribution is 2.16. The first-order chi connectivity index (χ1) is 8.19. The second-order valence-corrected chi connectivity index (χ2v) is 4.42. The number of hydrogen-bond donors (Lipinski definition) is 1. The van der Waals surface area contributed by atoms with Crippen LogP contribution in [0.1, 0.15) is 18.4 Å². The summed E-state index contributed by atoms with van der Waals surface area (Å²) in [6.07, 6.45) is 1.37. The number of hydrogen-bond acceptors (Lipinski definition) is 3. The number of carbonyl (C=O) groups excluding carboxylic acids is 1. The lowest BCUT2D eigenvalue weighted by Gasteiger charge is -2.30. The summed E-state index contributed by atoms with van der Waals surface area (Å²) in [6.45, 7) is 1.29. The van der Waals surface area contributed by atoms with Crippen molar-refractivity contribution in [2.75, 3.05) is 13.7 Å². The van der Waals surface area contributed by atoms with Gasteiger partial charge in [0.25, 0.3) is 0 Å². The van der Waals surface area contributed by atoms with Crippen LogP contribution in [-0.4, -0.2) is 30.5 Å². The van der Waals surface area contributed by atoms with Crippen LogP contribution in [0, 0.1) is 0 Å². The second-order valence-electron chi connectivity index (χ2n) is 4.42. The average molecular weight is 234 g/mol. The zero-order valence-electron chi connectivity index (χ0n) is 10.1. The molecule has 1 fully saturated rings. The first-order valence-electron chi connectivity index (χ1n) is 5.85. The molecule has 0 aliphatic carbocycles. The van der Waals surface area contributed by atoms with Gasteiger partial charge in [-0.25, -0.2) is 0 Å². The third-order valence-corrected chi connectivity index (χ3v) is 3.07. The molecule has 1 aliphatic rings. The predicted molar refractivity (Wildman–Crippen MR) is 65.6 cm³/mol. The smallest absolute Gasteiger partial charge is 0.222 e. The Balaban J connectivity index is 2.01. The molecule has 0 aromatic heterocycles. The minimum atomic E-state index is 0.117. The second kappa shape index (κ2) is 5.19. The van der Waals surface area contributed by atoms with Gasteiger partial charge in [-0.05, 0) is 24.1 Å². The number of piperidine rings is 1. The van der Waals surface area contributed by atoms with Gasteiger partial charge in [0.05, 0.1) is 7.11 Å². The summed E-state index contributed by atoms with van der Waals surface area (Å²) in [5, 5.41) is 0. The zero-order chi connectivity index (χ0) is 12.3. The fourth-order valence-electron chi connectivity index (χ4n) is 2.05. The molecule has 4 nitrogen and oxygen atoms in total. The van der Waals surface area contributed by atoms with Gasteiger partial charge in [-0.15, -0.1) is 0 Å². The van der Waals surface area contributed by atoms with Crippen LogP contribution in [0.3, 0.4) is 0 Å². The van der Waals surface area contributed by atoms with E-state index in [1.54, 1.807) is 7.11 Å². The van der Waals surface area contributed by atoms with Gasteiger partial charge in [0.2, 0.25) is 5.91 Å². The molecule has 4 heteroatoms. The highest BCUT2D eigenvalue weighted by molar-refractivity contribution is 5.77. The molecule has 0 bridgehead atoms. The van der Waals surface area contributed by atoms with Crippen molar-refractivity contribution < 1.29 is 9.53 Å². The molecule has 2 rings (SSSR count). The Kier molecular flexibility index (Phi) is 3.64. The van der Waals surface area contributed by atoms with E-state index in [9.17, 15) is 4.79 Å². The van der Waals surface area contributed by atoms with Crippen molar-refractivity contribution in [2.24, 2.45) is 5.73 Å². The van der Waals surface area contributed by atoms with Crippen molar-refractivity contribution in [3.05, 3.63) is 29.8 Å². The van der Waals surface area contributed by atoms with Crippen molar-refractivity contribution in [3.63, 3.8) is 0 Å². The number of ether oxygens (including phenoxy) is 1. The van der Waals surface area contributed by atoms with E-state index in [2.05, 4.69) is 0 Å². The van der Waals surface area contributed by atoms with Gasteiger partial charge in [0.1, 0.15) is 5.75 Å². The Bertz CT molecular complexity index is 389. The van der Waals surface area contributed by atoms with Gasteiger partial charge in [-0.3, -0.25) is 4.79 Å². The minimum absolute atomic E-state index is 0.117. The first kappa shape index (κ1) is 11.9. The maximum atomic E-state index is 11.7. The molecule has 1 aliphatic heterocycles. The quantitative estimate of drug-likeness (QED) is 0.853. The van der Waals surface area contributed by atoms with Crippen molar-refractivity contribution in [1.29, 1.82) is 0 Å². The highest BCUT2D eigenvalue weighted by atomic mass is 16.5. The largest absolute Gasteiger partial charge is 0.497 e. The molecule has 1 aromatic carbocycles. The van der Waals surface area contributed by atoms with Crippen LogP contribution in [0.15, 0.2) is 24.3 Å². The molecule has 1 aromatic rings. The third-order valence-electron chi connectivity index (χ3n) is 3.07. The number of likely N-dealkylation sites (tertiary alicyclic amines) is 1. The maximum Gasteiger partial charge on any atom is 0.222 e. The summed E-state index contributed by atoms with van der Waals surface area (Å²) in [7, 11) is 1.64. The number of nitrogens with zero attached hydrogens (tertiary/aromatic N) is 1. The Hall–Kier alpha value is -1.55. The van der Waals surface area contributed by atoms with Crippen LogP contribution >= 0.6 is 0 Å². The van der Waals surface area contributed by atoms with Crippen LogP contribution in [-0.2, 0) is 11.3 Å². The van der Waals surface area contributed by atoms with Crippen molar-refractivity contribution in [3.8, 4) is 5.75 Å². The average Bonchev–Trinajstić information content (AvgIpc) is 2.35. The van der Waals surface area contributed by atoms with E-state index in [1.807, 2.05) is 29.2 Å². The van der Waals surface area contributed by atoms with E-state index >= 15 is 0 Å². The summed E-state index contributed by atoms with van der Waals surface area (Å²) >= 11 is 0. The first-order valence-corrected chi connectivity index (χ1v) is 5.85. The highest BCUT2D eigenvalue weighted by Gasteiger charge is 2.22. The standard InChI is InChI=1S/C13H18N2O2/c1-17-12-5-2-10(3-6-12)8-15-9-11(14)4-7-13(15)16/h2-3,5-6,11H,4,7-9,14H2,1H3/t11-/m1/s1. The summed E-state index contributed by atoms with van der Waals surface area (Å²) in [4.78, 5) is 13.5. The fourth-order valence-corrected chi connectivity index (χ4v) is 2.05. The Morgan fingerprint density at radius 3 is 2.76 bits per heavy atom. The molecule has 1 heterocycles. The van der Waals surface area contributed by atoms with Crippen molar-refractivity contribution in [1.82, 2.24) is 4.90 Å². The molecule has 0 spiro atoms. The minimum Gasteiger partial charge on any atom is -0.497 e. The number of nitrogens with two attached hydrogens (primary N) is 1. The van der Waals surface area contributed by atoms with E-state index in [4.69, 9.17) is 10.5 Å². The Morgan fingerprint density at radius 2 is 2.12 bits per heavy atom. The van der Waals surface area contributed by atoms with Crippen LogP contribution < -0.4 is 10.5 Å². The predicted octanol–water partition coefficient (Wildman–Crippen LogP) is 1.14. The fraction of sp³-hybridized carbons (Fsp3) is 0.462. The number of benzene rings is 1. The molecule has 1 atom stereocenters. The Morgan fingerprint density at radius 1 is 1.41 bits per heavy atom. The topological polar surface area (TPSA) is 55.6 Å². The molecule has 1 amide bonds. The maximum absolute atomic E-state index is 11.7. The van der Waals surface area contributed by atoms with Crippen LogP contribution in [0.5, 0.6) is 5.75 Å². The summed E-state index contributed by atoms with van der Waals surface area (Å²) in [6, 6.07) is 7.89. The zero-order valence-corrected chi connectivity index (χ0v) is 10.1. The van der Waals surface area contributed by atoms with Crippen molar-refractivity contribution >= 4 is 5.91 Å². The number of carbonyl (C=O) groups is 1. The third kappa shape index (κ3) is 2.97. The summed E-state index contributed by atoms with van der Waals surface area (Å²) < 4.78 is 5.10. The lowest BCUT2D eigenvalue weighted by Crippen LogP contribution is -2.45. The van der Waals surface area contributed by atoms with Crippen LogP contribution in [0.4, 0.5) is 0 Å². The van der Waals surface area contributed by atoms with E-state index in [1.165, 1.54) is 0 Å². The molecule has 0 unspecified atom stereocenters. The molecule has 1 saturated heterocycles. The van der Waals surface area contributed by atoms with Crippen LogP contribution in [0.2, 0.25) is 0 Å². The molecule has 0 radical (unpaired) electrons. The SMILES string of the molecule is COc1ccc(CN2C[C@H](N)CCC2=O)cc1. The molecule has 2 N–H and O–H groups in total. The van der Waals surface area contributed by atoms with Gasteiger partial charge in [0, 0.05) is 25.6 Å².